The molecule has 1 fully saturated rings. The summed E-state index contributed by atoms with van der Waals surface area (Å²) >= 11 is 0. The monoisotopic (exact) mass is 524 g/mol. The van der Waals surface area contributed by atoms with Gasteiger partial charge in [-0.25, -0.2) is 4.79 Å². The van der Waals surface area contributed by atoms with Crippen molar-refractivity contribution in [1.82, 2.24) is 10.2 Å². The van der Waals surface area contributed by atoms with Crippen LogP contribution in [0.5, 0.6) is 0 Å². The molecule has 0 bridgehead atoms. The molecule has 3 aromatic carbocycles. The fourth-order valence-corrected chi connectivity index (χ4v) is 5.27. The van der Waals surface area contributed by atoms with Crippen molar-refractivity contribution in [2.45, 2.75) is 50.1 Å². The maximum Gasteiger partial charge on any atom is 0.407 e. The number of rotatable bonds is 7. The summed E-state index contributed by atoms with van der Waals surface area (Å²) in [5.41, 5.74) is 2.90. The number of hydrogen-bond acceptors (Lipinski definition) is 5. The lowest BCUT2D eigenvalue weighted by Gasteiger charge is -2.42. The summed E-state index contributed by atoms with van der Waals surface area (Å²) in [4.78, 5) is 14.6. The Morgan fingerprint density at radius 2 is 1.46 bits per heavy atom. The quantitative estimate of drug-likeness (QED) is 0.410. The first kappa shape index (κ1) is 28.4. The van der Waals surface area contributed by atoms with Crippen molar-refractivity contribution >= 4 is 16.2 Å². The van der Waals surface area contributed by atoms with Crippen molar-refractivity contribution in [3.8, 4) is 0 Å². The van der Waals surface area contributed by atoms with Crippen LogP contribution in [0.4, 0.5) is 4.79 Å². The SMILES string of the molecule is CCOC(=O)NC1(Cc2ccccc2)CCN(Cc2ccccc2)CC1.Cc1ccccc1S(=O)(=O)O. The van der Waals surface area contributed by atoms with Gasteiger partial charge in [0.25, 0.3) is 10.1 Å². The summed E-state index contributed by atoms with van der Waals surface area (Å²) in [5, 5.41) is 3.18. The van der Waals surface area contributed by atoms with E-state index in [-0.39, 0.29) is 16.5 Å². The standard InChI is InChI=1S/C22H28N2O2.C7H8O3S/c1-2-26-21(25)23-22(17-19-9-5-3-6-10-19)13-15-24(16-14-22)18-20-11-7-4-8-12-20;1-6-4-2-3-5-7(6)11(8,9)10/h3-12H,2,13-18H2,1H3,(H,23,25);2-5H,1H3,(H,8,9,10). The Kier molecular flexibility index (Phi) is 10.3. The molecule has 8 heteroatoms. The first-order valence-corrected chi connectivity index (χ1v) is 13.9. The van der Waals surface area contributed by atoms with Crippen LogP contribution in [0.2, 0.25) is 0 Å². The molecule has 2 N–H and O–H groups in total. The van der Waals surface area contributed by atoms with Gasteiger partial charge >= 0.3 is 6.09 Å². The molecular formula is C29H36N2O5S. The van der Waals surface area contributed by atoms with Crippen molar-refractivity contribution in [1.29, 1.82) is 0 Å². The van der Waals surface area contributed by atoms with Crippen LogP contribution in [0.3, 0.4) is 0 Å². The maximum absolute atomic E-state index is 12.1. The van der Waals surface area contributed by atoms with Gasteiger partial charge in [0.15, 0.2) is 0 Å². The molecule has 1 amide bonds. The summed E-state index contributed by atoms with van der Waals surface area (Å²) in [6, 6.07) is 27.2. The number of benzene rings is 3. The van der Waals surface area contributed by atoms with Crippen molar-refractivity contribution < 1.29 is 22.5 Å². The van der Waals surface area contributed by atoms with E-state index in [9.17, 15) is 13.2 Å². The molecule has 0 atom stereocenters. The molecule has 0 radical (unpaired) electrons. The smallest absolute Gasteiger partial charge is 0.407 e. The zero-order chi connectivity index (χ0) is 26.7. The first-order valence-electron chi connectivity index (χ1n) is 12.5. The predicted octanol–water partition coefficient (Wildman–Crippen LogP) is 5.25. The number of alkyl carbamates (subject to hydrolysis) is 1. The molecule has 0 aromatic heterocycles. The van der Waals surface area contributed by atoms with Crippen LogP contribution in [-0.2, 0) is 27.8 Å². The Hall–Kier alpha value is -3.20. The van der Waals surface area contributed by atoms with Crippen LogP contribution in [0, 0.1) is 6.92 Å². The van der Waals surface area contributed by atoms with E-state index < -0.39 is 10.1 Å². The highest BCUT2D eigenvalue weighted by atomic mass is 32.2. The number of carbonyl (C=O) groups excluding carboxylic acids is 1. The molecule has 3 aromatic rings. The second kappa shape index (κ2) is 13.4. The number of ether oxygens (including phenoxy) is 1. The second-order valence-electron chi connectivity index (χ2n) is 9.29. The van der Waals surface area contributed by atoms with Gasteiger partial charge in [0.1, 0.15) is 0 Å². The van der Waals surface area contributed by atoms with E-state index in [1.165, 1.54) is 17.2 Å². The largest absolute Gasteiger partial charge is 0.450 e. The fraction of sp³-hybridized carbons (Fsp3) is 0.345. The number of nitrogens with one attached hydrogen (secondary N) is 1. The molecule has 7 nitrogen and oxygen atoms in total. The highest BCUT2D eigenvalue weighted by molar-refractivity contribution is 7.85. The molecule has 1 aliphatic heterocycles. The molecular weight excluding hydrogens is 488 g/mol. The zero-order valence-electron chi connectivity index (χ0n) is 21.5. The maximum atomic E-state index is 12.1. The van der Waals surface area contributed by atoms with E-state index in [1.54, 1.807) is 25.1 Å². The Balaban J connectivity index is 0.000000289. The van der Waals surface area contributed by atoms with Gasteiger partial charge in [0.05, 0.1) is 11.5 Å². The molecule has 0 aliphatic carbocycles. The van der Waals surface area contributed by atoms with Crippen molar-refractivity contribution in [2.75, 3.05) is 19.7 Å². The number of hydrogen-bond donors (Lipinski definition) is 2. The number of piperidine rings is 1. The van der Waals surface area contributed by atoms with Crippen LogP contribution in [0.25, 0.3) is 0 Å². The lowest BCUT2D eigenvalue weighted by molar-refractivity contribution is 0.102. The minimum atomic E-state index is -4.03. The Morgan fingerprint density at radius 1 is 0.919 bits per heavy atom. The highest BCUT2D eigenvalue weighted by Crippen LogP contribution is 2.28. The van der Waals surface area contributed by atoms with Gasteiger partial charge in [-0.15, -0.1) is 0 Å². The number of likely N-dealkylation sites (tertiary alicyclic amines) is 1. The number of nitrogens with zero attached hydrogens (tertiary/aromatic N) is 1. The summed E-state index contributed by atoms with van der Waals surface area (Å²) in [7, 11) is -4.03. The zero-order valence-corrected chi connectivity index (χ0v) is 22.3. The van der Waals surface area contributed by atoms with E-state index in [1.807, 2.05) is 19.1 Å². The van der Waals surface area contributed by atoms with Crippen LogP contribution in [0.1, 0.15) is 36.5 Å². The lowest BCUT2D eigenvalue weighted by atomic mass is 9.81. The molecule has 0 spiro atoms. The highest BCUT2D eigenvalue weighted by Gasteiger charge is 2.36. The van der Waals surface area contributed by atoms with Crippen LogP contribution >= 0.6 is 0 Å². The normalized spacial score (nSPS) is 15.2. The summed E-state index contributed by atoms with van der Waals surface area (Å²) in [5.74, 6) is 0. The average molecular weight is 525 g/mol. The Morgan fingerprint density at radius 3 is 1.97 bits per heavy atom. The molecule has 0 unspecified atom stereocenters. The van der Waals surface area contributed by atoms with E-state index in [0.717, 1.165) is 38.9 Å². The van der Waals surface area contributed by atoms with Gasteiger partial charge in [-0.05, 0) is 55.9 Å². The topological polar surface area (TPSA) is 95.9 Å². The van der Waals surface area contributed by atoms with Gasteiger partial charge in [0.2, 0.25) is 0 Å². The summed E-state index contributed by atoms with van der Waals surface area (Å²) < 4.78 is 35.0. The molecule has 198 valence electrons. The molecule has 1 aliphatic rings. The Labute approximate surface area is 220 Å². The predicted molar refractivity (Wildman–Crippen MR) is 145 cm³/mol. The van der Waals surface area contributed by atoms with Gasteiger partial charge in [0, 0.05) is 25.2 Å². The average Bonchev–Trinajstić information content (AvgIpc) is 2.87. The molecule has 4 rings (SSSR count). The van der Waals surface area contributed by atoms with Crippen molar-refractivity contribution in [3.05, 3.63) is 102 Å². The van der Waals surface area contributed by atoms with E-state index in [0.29, 0.717) is 12.2 Å². The number of aryl methyl sites for hydroxylation is 1. The minimum absolute atomic E-state index is 0.0278. The number of carbonyl (C=O) groups is 1. The lowest BCUT2D eigenvalue weighted by Crippen LogP contribution is -2.56. The van der Waals surface area contributed by atoms with Crippen LogP contribution < -0.4 is 5.32 Å². The van der Waals surface area contributed by atoms with Crippen molar-refractivity contribution in [3.63, 3.8) is 0 Å². The summed E-state index contributed by atoms with van der Waals surface area (Å²) in [6.45, 7) is 6.76. The second-order valence-corrected chi connectivity index (χ2v) is 10.7. The molecule has 37 heavy (non-hydrogen) atoms. The van der Waals surface area contributed by atoms with E-state index in [4.69, 9.17) is 9.29 Å². The summed E-state index contributed by atoms with van der Waals surface area (Å²) in [6.07, 6.45) is 2.38. The van der Waals surface area contributed by atoms with Crippen molar-refractivity contribution in [2.24, 2.45) is 0 Å². The van der Waals surface area contributed by atoms with Gasteiger partial charge in [-0.3, -0.25) is 9.45 Å². The molecule has 1 saturated heterocycles. The van der Waals surface area contributed by atoms with Gasteiger partial charge in [-0.1, -0.05) is 78.9 Å². The molecule has 1 heterocycles. The van der Waals surface area contributed by atoms with Gasteiger partial charge < -0.3 is 10.1 Å². The Bertz CT molecular complexity index is 1230. The van der Waals surface area contributed by atoms with Crippen LogP contribution in [-0.4, -0.2) is 49.2 Å². The third-order valence-electron chi connectivity index (χ3n) is 6.46. The third kappa shape index (κ3) is 9.00. The number of amides is 1. The fourth-order valence-electron chi connectivity index (χ4n) is 4.54. The van der Waals surface area contributed by atoms with E-state index in [2.05, 4.69) is 58.7 Å². The first-order chi connectivity index (χ1) is 17.7. The molecule has 0 saturated carbocycles. The third-order valence-corrected chi connectivity index (χ3v) is 7.48. The van der Waals surface area contributed by atoms with E-state index >= 15 is 0 Å². The minimum Gasteiger partial charge on any atom is -0.450 e. The van der Waals surface area contributed by atoms with Gasteiger partial charge in [-0.2, -0.15) is 8.42 Å². The van der Waals surface area contributed by atoms with Crippen LogP contribution in [0.15, 0.2) is 89.8 Å².